The van der Waals surface area contributed by atoms with Crippen LogP contribution in [0.1, 0.15) is 60.3 Å². The number of fused-ring (bicyclic) bond motifs is 1. The van der Waals surface area contributed by atoms with Gasteiger partial charge in [0.25, 0.3) is 0 Å². The summed E-state index contributed by atoms with van der Waals surface area (Å²) in [4.78, 5) is 45.0. The second-order valence-corrected chi connectivity index (χ2v) is 12.7. The monoisotopic (exact) mass is 582 g/mol. The van der Waals surface area contributed by atoms with Gasteiger partial charge in [0, 0.05) is 16.9 Å². The molecule has 3 heterocycles. The van der Waals surface area contributed by atoms with Crippen LogP contribution in [-0.4, -0.2) is 86.6 Å². The number of aliphatic hydroxyl groups excluding tert-OH is 1. The van der Waals surface area contributed by atoms with Gasteiger partial charge in [-0.1, -0.05) is 48.4 Å². The zero-order chi connectivity index (χ0) is 27.7. The Morgan fingerprint density at radius 2 is 2.03 bits per heavy atom. The molecule has 0 aromatic heterocycles. The maximum Gasteiger partial charge on any atom is 0.312 e. The summed E-state index contributed by atoms with van der Waals surface area (Å²) in [7, 11) is 0. The van der Waals surface area contributed by atoms with Gasteiger partial charge in [-0.2, -0.15) is 0 Å². The van der Waals surface area contributed by atoms with E-state index < -0.39 is 47.1 Å². The zero-order valence-electron chi connectivity index (χ0n) is 22.8. The summed E-state index contributed by atoms with van der Waals surface area (Å²) in [5.41, 5.74) is -1.74. The van der Waals surface area contributed by atoms with E-state index in [9.17, 15) is 19.5 Å². The maximum atomic E-state index is 14.4. The van der Waals surface area contributed by atoms with Gasteiger partial charge in [-0.25, -0.2) is 0 Å². The zero-order valence-corrected chi connectivity index (χ0v) is 24.4. The highest BCUT2D eigenvalue weighted by atomic mass is 79.9. The molecule has 2 bridgehead atoms. The van der Waals surface area contributed by atoms with Crippen molar-refractivity contribution in [2.24, 2.45) is 17.8 Å². The summed E-state index contributed by atoms with van der Waals surface area (Å²) in [6, 6.07) is -1.56. The molecule has 3 saturated heterocycles. The van der Waals surface area contributed by atoms with Crippen LogP contribution in [0.4, 0.5) is 0 Å². The molecule has 37 heavy (non-hydrogen) atoms. The molecule has 3 aliphatic rings. The van der Waals surface area contributed by atoms with Crippen LogP contribution in [0, 0.1) is 17.8 Å². The van der Waals surface area contributed by atoms with Crippen LogP contribution in [-0.2, 0) is 23.9 Å². The van der Waals surface area contributed by atoms with Crippen molar-refractivity contribution in [2.75, 3.05) is 19.8 Å². The molecule has 208 valence electrons. The average molecular weight is 584 g/mol. The molecule has 0 radical (unpaired) electrons. The summed E-state index contributed by atoms with van der Waals surface area (Å²) >= 11 is 3.68. The number of allylic oxidation sites excluding steroid dienone is 1. The largest absolute Gasteiger partial charge is 0.465 e. The standard InChI is InChI=1S/C28H43BrN2O6/c1-8-11-12-14-36-26(35)20-21-24(33)31(19(16-32)17(4)10-3)23(28(21)15-18(29)22(20)37-28)25(34)30(13-9-2)27(5,6)7/h8-9,17-23,32H,1-2,10-16H2,3-7H3/t17-,18?,19-,20+,21-,22+,23?,28?/m0/s1. The number of halogens is 1. The highest BCUT2D eigenvalue weighted by Crippen LogP contribution is 2.61. The molecule has 8 nitrogen and oxygen atoms in total. The molecule has 0 aromatic carbocycles. The Morgan fingerprint density at radius 3 is 2.57 bits per heavy atom. The fourth-order valence-corrected chi connectivity index (χ4v) is 7.20. The summed E-state index contributed by atoms with van der Waals surface area (Å²) in [5, 5.41) is 10.4. The van der Waals surface area contributed by atoms with Gasteiger partial charge in [0.1, 0.15) is 11.6 Å². The Kier molecular flexibility index (Phi) is 9.34. The minimum absolute atomic E-state index is 0.0664. The highest BCUT2D eigenvalue weighted by Gasteiger charge is 2.77. The average Bonchev–Trinajstić information content (AvgIpc) is 3.43. The van der Waals surface area contributed by atoms with E-state index >= 15 is 0 Å². The molecular weight excluding hydrogens is 540 g/mol. The predicted octanol–water partition coefficient (Wildman–Crippen LogP) is 3.46. The van der Waals surface area contributed by atoms with Crippen molar-refractivity contribution in [1.82, 2.24) is 9.80 Å². The molecule has 3 rings (SSSR count). The number of carbonyl (C=O) groups is 3. The number of hydrogen-bond acceptors (Lipinski definition) is 6. The van der Waals surface area contributed by atoms with Gasteiger partial charge in [-0.05, 0) is 46.0 Å². The molecule has 3 aliphatic heterocycles. The van der Waals surface area contributed by atoms with Crippen LogP contribution in [0.3, 0.4) is 0 Å². The highest BCUT2D eigenvalue weighted by molar-refractivity contribution is 9.09. The van der Waals surface area contributed by atoms with Crippen molar-refractivity contribution >= 4 is 33.7 Å². The van der Waals surface area contributed by atoms with E-state index in [0.29, 0.717) is 32.2 Å². The Morgan fingerprint density at radius 1 is 1.35 bits per heavy atom. The van der Waals surface area contributed by atoms with Crippen LogP contribution in [0.15, 0.2) is 25.3 Å². The van der Waals surface area contributed by atoms with Crippen LogP contribution >= 0.6 is 15.9 Å². The first kappa shape index (κ1) is 29.8. The Balaban J connectivity index is 2.10. The molecule has 0 aromatic rings. The summed E-state index contributed by atoms with van der Waals surface area (Å²) in [5.74, 6) is -2.80. The van der Waals surface area contributed by atoms with Gasteiger partial charge < -0.3 is 24.4 Å². The lowest BCUT2D eigenvalue weighted by Gasteiger charge is -2.44. The smallest absolute Gasteiger partial charge is 0.312 e. The number of likely N-dealkylation sites (tertiary alicyclic amines) is 1. The number of alkyl halides is 1. The molecule has 1 spiro atoms. The number of esters is 1. The molecule has 2 amide bonds. The van der Waals surface area contributed by atoms with E-state index in [1.165, 1.54) is 0 Å². The SMILES string of the molecule is C=CCCCOC(=O)[C@H]1[C@@H]2OC3(CC2Br)C(C(=O)N(CC=C)C(C)(C)C)N([C@@H](CO)[C@@H](C)CC)C(=O)[C@H]13. The maximum absolute atomic E-state index is 14.4. The van der Waals surface area contributed by atoms with Crippen LogP contribution < -0.4 is 0 Å². The number of carbonyl (C=O) groups excluding carboxylic acids is 3. The van der Waals surface area contributed by atoms with Crippen LogP contribution in [0.2, 0.25) is 0 Å². The minimum Gasteiger partial charge on any atom is -0.465 e. The number of amides is 2. The first-order valence-corrected chi connectivity index (χ1v) is 14.3. The number of rotatable bonds is 12. The minimum atomic E-state index is -1.19. The Bertz CT molecular complexity index is 904. The lowest BCUT2D eigenvalue weighted by molar-refractivity contribution is -0.158. The van der Waals surface area contributed by atoms with Crippen LogP contribution in [0.25, 0.3) is 0 Å². The molecule has 0 saturated carbocycles. The van der Waals surface area contributed by atoms with E-state index in [0.717, 1.165) is 0 Å². The third-order valence-electron chi connectivity index (χ3n) is 8.26. The predicted molar refractivity (Wildman–Crippen MR) is 145 cm³/mol. The molecule has 3 fully saturated rings. The summed E-state index contributed by atoms with van der Waals surface area (Å²) in [6.45, 7) is 17.5. The van der Waals surface area contributed by atoms with Crippen molar-refractivity contribution in [3.63, 3.8) is 0 Å². The molecule has 1 N–H and O–H groups in total. The van der Waals surface area contributed by atoms with E-state index in [1.54, 1.807) is 22.0 Å². The van der Waals surface area contributed by atoms with Crippen molar-refractivity contribution in [3.05, 3.63) is 25.3 Å². The van der Waals surface area contributed by atoms with Gasteiger partial charge in [0.05, 0.1) is 37.2 Å². The van der Waals surface area contributed by atoms with Crippen molar-refractivity contribution in [2.45, 2.75) is 94.5 Å². The third kappa shape index (κ3) is 5.15. The van der Waals surface area contributed by atoms with E-state index in [1.807, 2.05) is 34.6 Å². The number of hydrogen-bond donors (Lipinski definition) is 1. The van der Waals surface area contributed by atoms with Gasteiger partial charge in [-0.15, -0.1) is 13.2 Å². The van der Waals surface area contributed by atoms with E-state index in [4.69, 9.17) is 9.47 Å². The second kappa shape index (κ2) is 11.6. The van der Waals surface area contributed by atoms with E-state index in [-0.39, 0.29) is 35.8 Å². The normalized spacial score (nSPS) is 32.1. The number of ether oxygens (including phenoxy) is 2. The molecular formula is C28H43BrN2O6. The number of unbranched alkanes of at least 4 members (excludes halogenated alkanes) is 1. The van der Waals surface area contributed by atoms with E-state index in [2.05, 4.69) is 29.1 Å². The van der Waals surface area contributed by atoms with Gasteiger partial charge in [-0.3, -0.25) is 14.4 Å². The fraction of sp³-hybridized carbons (Fsp3) is 0.750. The van der Waals surface area contributed by atoms with Crippen molar-refractivity contribution in [1.29, 1.82) is 0 Å². The van der Waals surface area contributed by atoms with Gasteiger partial charge >= 0.3 is 5.97 Å². The first-order valence-electron chi connectivity index (χ1n) is 13.4. The Hall–Kier alpha value is -1.71. The fourth-order valence-electron chi connectivity index (χ4n) is 6.26. The molecule has 0 aliphatic carbocycles. The second-order valence-electron chi connectivity index (χ2n) is 11.6. The lowest BCUT2D eigenvalue weighted by Crippen LogP contribution is -2.62. The summed E-state index contributed by atoms with van der Waals surface area (Å²) < 4.78 is 12.2. The van der Waals surface area contributed by atoms with Crippen LogP contribution in [0.5, 0.6) is 0 Å². The Labute approximate surface area is 229 Å². The third-order valence-corrected chi connectivity index (χ3v) is 9.11. The topological polar surface area (TPSA) is 96.4 Å². The summed E-state index contributed by atoms with van der Waals surface area (Å²) in [6.07, 6.45) is 5.34. The van der Waals surface area contributed by atoms with Gasteiger partial charge in [0.2, 0.25) is 11.8 Å². The number of nitrogens with zero attached hydrogens (tertiary/aromatic N) is 2. The van der Waals surface area contributed by atoms with Gasteiger partial charge in [0.15, 0.2) is 0 Å². The lowest BCUT2D eigenvalue weighted by atomic mass is 9.70. The number of aliphatic hydroxyl groups is 1. The molecule has 8 atom stereocenters. The molecule has 3 unspecified atom stereocenters. The first-order chi connectivity index (χ1) is 17.4. The van der Waals surface area contributed by atoms with Crippen molar-refractivity contribution in [3.8, 4) is 0 Å². The van der Waals surface area contributed by atoms with Crippen molar-refractivity contribution < 1.29 is 29.0 Å². The quantitative estimate of drug-likeness (QED) is 0.164. The molecule has 9 heteroatoms.